The summed E-state index contributed by atoms with van der Waals surface area (Å²) in [6.07, 6.45) is 3.33. The summed E-state index contributed by atoms with van der Waals surface area (Å²) in [5, 5.41) is 3.47. The van der Waals surface area contributed by atoms with Crippen molar-refractivity contribution in [2.24, 2.45) is 5.18 Å². The molecule has 0 saturated heterocycles. The Morgan fingerprint density at radius 3 is 2.70 bits per heavy atom. The van der Waals surface area contributed by atoms with Crippen LogP contribution in [-0.2, 0) is 6.61 Å². The second-order valence-electron chi connectivity index (χ2n) is 5.64. The standard InChI is InChI=1S/C20H17N3O3S/c1-27-20-21-11-10-17(22-20)18(23-25)19(24)15-8-5-9-16(12-15)26-13-14-6-3-2-4-7-14/h2-12,18H,13H2,1H3. The van der Waals surface area contributed by atoms with Gasteiger partial charge in [0.05, 0.1) is 5.69 Å². The number of nitrogens with zero attached hydrogens (tertiary/aromatic N) is 3. The summed E-state index contributed by atoms with van der Waals surface area (Å²) < 4.78 is 5.75. The van der Waals surface area contributed by atoms with Crippen LogP contribution in [0.1, 0.15) is 27.7 Å². The fraction of sp³-hybridized carbons (Fsp3) is 0.150. The highest BCUT2D eigenvalue weighted by Crippen LogP contribution is 2.24. The molecule has 7 heteroatoms. The number of hydrogen-bond donors (Lipinski definition) is 0. The maximum Gasteiger partial charge on any atom is 0.197 e. The number of ketones is 1. The summed E-state index contributed by atoms with van der Waals surface area (Å²) in [6.45, 7) is 0.386. The summed E-state index contributed by atoms with van der Waals surface area (Å²) in [5.41, 5.74) is 1.65. The van der Waals surface area contributed by atoms with Crippen molar-refractivity contribution in [1.82, 2.24) is 9.97 Å². The van der Waals surface area contributed by atoms with Crippen molar-refractivity contribution in [3.05, 3.63) is 88.6 Å². The van der Waals surface area contributed by atoms with E-state index in [1.54, 1.807) is 24.3 Å². The van der Waals surface area contributed by atoms with E-state index < -0.39 is 11.8 Å². The van der Waals surface area contributed by atoms with Crippen molar-refractivity contribution in [2.45, 2.75) is 17.8 Å². The van der Waals surface area contributed by atoms with Crippen molar-refractivity contribution in [1.29, 1.82) is 0 Å². The van der Waals surface area contributed by atoms with Gasteiger partial charge in [-0.1, -0.05) is 59.4 Å². The van der Waals surface area contributed by atoms with Crippen LogP contribution in [0, 0.1) is 4.91 Å². The molecule has 1 unspecified atom stereocenters. The molecule has 0 aliphatic heterocycles. The molecule has 1 atom stereocenters. The van der Waals surface area contributed by atoms with Gasteiger partial charge in [0.1, 0.15) is 12.4 Å². The molecule has 0 aliphatic carbocycles. The van der Waals surface area contributed by atoms with Crippen molar-refractivity contribution >= 4 is 17.5 Å². The predicted octanol–water partition coefficient (Wildman–Crippen LogP) is 4.47. The van der Waals surface area contributed by atoms with Crippen LogP contribution < -0.4 is 4.74 Å². The highest BCUT2D eigenvalue weighted by atomic mass is 32.2. The largest absolute Gasteiger partial charge is 0.489 e. The molecule has 0 amide bonds. The zero-order chi connectivity index (χ0) is 19.1. The van der Waals surface area contributed by atoms with E-state index in [0.717, 1.165) is 5.56 Å². The van der Waals surface area contributed by atoms with Gasteiger partial charge >= 0.3 is 0 Å². The van der Waals surface area contributed by atoms with Crippen molar-refractivity contribution in [3.8, 4) is 5.75 Å². The lowest BCUT2D eigenvalue weighted by molar-refractivity contribution is 0.0959. The van der Waals surface area contributed by atoms with E-state index in [4.69, 9.17) is 4.74 Å². The van der Waals surface area contributed by atoms with Gasteiger partial charge in [0.15, 0.2) is 17.0 Å². The maximum atomic E-state index is 12.8. The Morgan fingerprint density at radius 2 is 1.96 bits per heavy atom. The first-order valence-corrected chi connectivity index (χ1v) is 9.44. The SMILES string of the molecule is CSc1nccc(C(N=O)C(=O)c2cccc(OCc3ccccc3)c2)n1. The number of thioether (sulfide) groups is 1. The molecule has 1 aromatic heterocycles. The lowest BCUT2D eigenvalue weighted by Gasteiger charge is -2.11. The molecule has 0 fully saturated rings. The zero-order valence-electron chi connectivity index (χ0n) is 14.6. The Labute approximate surface area is 161 Å². The molecule has 1 heterocycles. The Balaban J connectivity index is 1.78. The van der Waals surface area contributed by atoms with Gasteiger partial charge in [-0.05, 0) is 30.0 Å². The highest BCUT2D eigenvalue weighted by molar-refractivity contribution is 7.98. The number of hydrogen-bond acceptors (Lipinski definition) is 7. The molecule has 0 aliphatic rings. The van der Waals surface area contributed by atoms with E-state index in [1.807, 2.05) is 36.6 Å². The number of carbonyl (C=O) groups is 1. The molecule has 6 nitrogen and oxygen atoms in total. The van der Waals surface area contributed by atoms with E-state index >= 15 is 0 Å². The van der Waals surface area contributed by atoms with Gasteiger partial charge in [0.25, 0.3) is 0 Å². The first-order valence-electron chi connectivity index (χ1n) is 8.21. The summed E-state index contributed by atoms with van der Waals surface area (Å²) >= 11 is 1.33. The molecule has 27 heavy (non-hydrogen) atoms. The molecule has 3 aromatic rings. The Bertz CT molecular complexity index is 935. The van der Waals surface area contributed by atoms with Crippen LogP contribution in [0.2, 0.25) is 0 Å². The van der Waals surface area contributed by atoms with Crippen LogP contribution in [0.5, 0.6) is 5.75 Å². The van der Waals surface area contributed by atoms with Crippen molar-refractivity contribution in [2.75, 3.05) is 6.26 Å². The van der Waals surface area contributed by atoms with E-state index in [0.29, 0.717) is 23.1 Å². The Morgan fingerprint density at radius 1 is 1.15 bits per heavy atom. The Hall–Kier alpha value is -3.06. The van der Waals surface area contributed by atoms with Gasteiger partial charge < -0.3 is 4.74 Å². The van der Waals surface area contributed by atoms with Crippen molar-refractivity contribution < 1.29 is 9.53 Å². The summed E-state index contributed by atoms with van der Waals surface area (Å²) in [4.78, 5) is 32.4. The van der Waals surface area contributed by atoms with Crippen LogP contribution in [0.3, 0.4) is 0 Å². The summed E-state index contributed by atoms with van der Waals surface area (Å²) in [6, 6.07) is 16.7. The molecular formula is C20H17N3O3S. The second-order valence-corrected chi connectivity index (χ2v) is 6.42. The molecule has 0 spiro atoms. The van der Waals surface area contributed by atoms with E-state index in [1.165, 1.54) is 24.0 Å². The van der Waals surface area contributed by atoms with Gasteiger partial charge in [-0.25, -0.2) is 9.97 Å². The monoisotopic (exact) mass is 379 g/mol. The number of nitroso groups, excluding NO2 is 1. The Kier molecular flexibility index (Phi) is 6.27. The summed E-state index contributed by atoms with van der Waals surface area (Å²) in [7, 11) is 0. The number of carbonyl (C=O) groups excluding carboxylic acids is 1. The minimum absolute atomic E-state index is 0.282. The van der Waals surface area contributed by atoms with Gasteiger partial charge in [-0.2, -0.15) is 0 Å². The van der Waals surface area contributed by atoms with Gasteiger partial charge in [0, 0.05) is 11.8 Å². The lowest BCUT2D eigenvalue weighted by Crippen LogP contribution is -2.13. The molecule has 0 N–H and O–H groups in total. The highest BCUT2D eigenvalue weighted by Gasteiger charge is 2.25. The molecule has 0 bridgehead atoms. The average Bonchev–Trinajstić information content (AvgIpc) is 2.74. The van der Waals surface area contributed by atoms with E-state index in [-0.39, 0.29) is 5.69 Å². The van der Waals surface area contributed by atoms with Crippen LogP contribution in [-0.4, -0.2) is 22.0 Å². The first kappa shape index (κ1) is 18.7. The minimum Gasteiger partial charge on any atom is -0.489 e. The van der Waals surface area contributed by atoms with Crippen LogP contribution >= 0.6 is 11.8 Å². The normalized spacial score (nSPS) is 11.6. The van der Waals surface area contributed by atoms with Gasteiger partial charge in [0.2, 0.25) is 0 Å². The first-order chi connectivity index (χ1) is 13.2. The summed E-state index contributed by atoms with van der Waals surface area (Å²) in [5.74, 6) is 0.114. The smallest absolute Gasteiger partial charge is 0.197 e. The molecule has 2 aromatic carbocycles. The third-order valence-electron chi connectivity index (χ3n) is 3.84. The topological polar surface area (TPSA) is 81.5 Å². The average molecular weight is 379 g/mol. The molecule has 136 valence electrons. The quantitative estimate of drug-likeness (QED) is 0.249. The van der Waals surface area contributed by atoms with E-state index in [9.17, 15) is 9.70 Å². The van der Waals surface area contributed by atoms with E-state index in [2.05, 4.69) is 15.1 Å². The molecule has 0 saturated carbocycles. The molecular weight excluding hydrogens is 362 g/mol. The molecule has 0 radical (unpaired) electrons. The number of Topliss-reactive ketones (excluding diaryl/α,β-unsaturated/α-hetero) is 1. The third-order valence-corrected chi connectivity index (χ3v) is 4.40. The fourth-order valence-electron chi connectivity index (χ4n) is 2.48. The lowest BCUT2D eigenvalue weighted by atomic mass is 10.0. The fourth-order valence-corrected chi connectivity index (χ4v) is 2.84. The van der Waals surface area contributed by atoms with Crippen LogP contribution in [0.15, 0.2) is 77.2 Å². The zero-order valence-corrected chi connectivity index (χ0v) is 15.4. The van der Waals surface area contributed by atoms with Crippen molar-refractivity contribution in [3.63, 3.8) is 0 Å². The predicted molar refractivity (Wildman–Crippen MR) is 104 cm³/mol. The van der Waals surface area contributed by atoms with Crippen LogP contribution in [0.4, 0.5) is 0 Å². The molecule has 3 rings (SSSR count). The number of rotatable bonds is 8. The van der Waals surface area contributed by atoms with Gasteiger partial charge in [-0.15, -0.1) is 4.91 Å². The number of aromatic nitrogens is 2. The maximum absolute atomic E-state index is 12.8. The van der Waals surface area contributed by atoms with Crippen LogP contribution in [0.25, 0.3) is 0 Å². The third kappa shape index (κ3) is 4.77. The minimum atomic E-state index is -1.22. The van der Waals surface area contributed by atoms with Gasteiger partial charge in [-0.3, -0.25) is 4.79 Å². The second kappa shape index (κ2) is 9.05. The number of ether oxygens (including phenoxy) is 1. The number of benzene rings is 2.